The van der Waals surface area contributed by atoms with Crippen LogP contribution in [-0.4, -0.2) is 39.6 Å². The molecule has 0 radical (unpaired) electrons. The van der Waals surface area contributed by atoms with Crippen molar-refractivity contribution < 1.29 is 18.7 Å². The van der Waals surface area contributed by atoms with Crippen molar-refractivity contribution in [3.8, 4) is 0 Å². The summed E-state index contributed by atoms with van der Waals surface area (Å²) in [6.45, 7) is 1.57. The molecule has 5 nitrogen and oxygen atoms in total. The highest BCUT2D eigenvalue weighted by molar-refractivity contribution is 5.76. The molecule has 0 bridgehead atoms. The number of rotatable bonds is 8. The first-order valence-corrected chi connectivity index (χ1v) is 6.25. The Labute approximate surface area is 110 Å². The number of amides is 1. The Morgan fingerprint density at radius 1 is 1.53 bits per heavy atom. The van der Waals surface area contributed by atoms with Gasteiger partial charge >= 0.3 is 0 Å². The van der Waals surface area contributed by atoms with E-state index in [-0.39, 0.29) is 18.4 Å². The Hall–Kier alpha value is -1.50. The summed E-state index contributed by atoms with van der Waals surface area (Å²) < 4.78 is 26.0. The molecular weight excluding hydrogens is 256 g/mol. The highest BCUT2D eigenvalue weighted by Gasteiger charge is 2.19. The summed E-state index contributed by atoms with van der Waals surface area (Å²) in [5.74, 6) is -0.355. The van der Waals surface area contributed by atoms with Gasteiger partial charge in [0.15, 0.2) is 0 Å². The quantitative estimate of drug-likeness (QED) is 0.752. The predicted octanol–water partition coefficient (Wildman–Crippen LogP) is 1.36. The molecule has 1 aromatic heterocycles. The van der Waals surface area contributed by atoms with Crippen LogP contribution in [0.1, 0.15) is 32.2 Å². The Morgan fingerprint density at radius 2 is 2.26 bits per heavy atom. The topological polar surface area (TPSA) is 67.2 Å². The minimum atomic E-state index is -2.85. The van der Waals surface area contributed by atoms with Crippen molar-refractivity contribution in [2.24, 2.45) is 0 Å². The first-order valence-electron chi connectivity index (χ1n) is 6.25. The maximum absolute atomic E-state index is 12.1. The number of aliphatic hydroxyl groups excluding tert-OH is 1. The molecule has 19 heavy (non-hydrogen) atoms. The number of nitrogens with zero attached hydrogens (tertiary/aromatic N) is 2. The minimum Gasteiger partial charge on any atom is -0.385 e. The van der Waals surface area contributed by atoms with Gasteiger partial charge in [0.05, 0.1) is 6.33 Å². The lowest BCUT2D eigenvalue weighted by molar-refractivity contribution is -0.122. The summed E-state index contributed by atoms with van der Waals surface area (Å²) in [6.07, 6.45) is 2.23. The van der Waals surface area contributed by atoms with Crippen molar-refractivity contribution in [3.63, 3.8) is 0 Å². The average molecular weight is 275 g/mol. The van der Waals surface area contributed by atoms with Gasteiger partial charge in [0, 0.05) is 31.4 Å². The van der Waals surface area contributed by atoms with Crippen molar-refractivity contribution in [3.05, 3.63) is 18.7 Å². The van der Waals surface area contributed by atoms with Crippen molar-refractivity contribution in [2.45, 2.75) is 44.8 Å². The molecule has 108 valence electrons. The second-order valence-electron chi connectivity index (χ2n) is 4.36. The number of imidazole rings is 1. The van der Waals surface area contributed by atoms with Crippen LogP contribution in [0.2, 0.25) is 0 Å². The van der Waals surface area contributed by atoms with Crippen LogP contribution in [0, 0.1) is 0 Å². The largest absolute Gasteiger partial charge is 0.385 e. The fourth-order valence-corrected chi connectivity index (χ4v) is 1.77. The van der Waals surface area contributed by atoms with Crippen LogP contribution in [0.4, 0.5) is 8.78 Å². The van der Waals surface area contributed by atoms with Crippen LogP contribution in [0.5, 0.6) is 0 Å². The van der Waals surface area contributed by atoms with Crippen LogP contribution >= 0.6 is 0 Å². The van der Waals surface area contributed by atoms with Crippen LogP contribution < -0.4 is 5.32 Å². The molecule has 0 aromatic carbocycles. The molecule has 0 aliphatic rings. The normalized spacial score (nSPS) is 14.4. The monoisotopic (exact) mass is 275 g/mol. The second-order valence-corrected chi connectivity index (χ2v) is 4.36. The molecule has 0 spiro atoms. The summed E-state index contributed by atoms with van der Waals surface area (Å²) in [7, 11) is 0. The van der Waals surface area contributed by atoms with E-state index >= 15 is 0 Å². The fourth-order valence-electron chi connectivity index (χ4n) is 1.77. The number of aromatic nitrogens is 2. The maximum Gasteiger partial charge on any atom is 0.265 e. The predicted molar refractivity (Wildman–Crippen MR) is 65.8 cm³/mol. The molecule has 2 N–H and O–H groups in total. The van der Waals surface area contributed by atoms with E-state index < -0.39 is 19.1 Å². The number of nitrogens with one attached hydrogen (secondary N) is 1. The van der Waals surface area contributed by atoms with E-state index in [1.54, 1.807) is 18.7 Å². The molecular formula is C12H19F2N3O2. The van der Waals surface area contributed by atoms with E-state index in [1.165, 1.54) is 0 Å². The fraction of sp³-hybridized carbons (Fsp3) is 0.667. The smallest absolute Gasteiger partial charge is 0.265 e. The zero-order valence-corrected chi connectivity index (χ0v) is 10.8. The molecule has 1 aromatic rings. The number of carbonyl (C=O) groups is 1. The standard InChI is InChI=1S/C12H19F2N3O2/c1-2-3-9(17-5-4-15-8-17)6-11(19)16-7-10(18)12(13)14/h4-5,8-10,12,18H,2-3,6-7H2,1H3,(H,16,19). The molecule has 0 saturated heterocycles. The lowest BCUT2D eigenvalue weighted by atomic mass is 10.1. The Kier molecular flexibility index (Phi) is 6.41. The van der Waals surface area contributed by atoms with Gasteiger partial charge in [0.25, 0.3) is 6.43 Å². The number of aliphatic hydroxyl groups is 1. The third kappa shape index (κ3) is 5.34. The number of halogens is 2. The summed E-state index contributed by atoms with van der Waals surface area (Å²) in [4.78, 5) is 15.6. The maximum atomic E-state index is 12.1. The number of alkyl halides is 2. The molecule has 1 amide bonds. The van der Waals surface area contributed by atoms with Crippen molar-refractivity contribution in [1.29, 1.82) is 0 Å². The summed E-state index contributed by atoms with van der Waals surface area (Å²) >= 11 is 0. The molecule has 2 atom stereocenters. The Bertz CT molecular complexity index is 371. The molecule has 0 aliphatic heterocycles. The highest BCUT2D eigenvalue weighted by atomic mass is 19.3. The minimum absolute atomic E-state index is 0.0452. The zero-order chi connectivity index (χ0) is 14.3. The summed E-state index contributed by atoms with van der Waals surface area (Å²) in [6, 6.07) is -0.0452. The van der Waals surface area contributed by atoms with Crippen LogP contribution in [0.25, 0.3) is 0 Å². The van der Waals surface area contributed by atoms with Gasteiger partial charge in [0.2, 0.25) is 5.91 Å². The average Bonchev–Trinajstić information content (AvgIpc) is 2.89. The number of hydrogen-bond donors (Lipinski definition) is 2. The van der Waals surface area contributed by atoms with Gasteiger partial charge in [-0.15, -0.1) is 0 Å². The summed E-state index contributed by atoms with van der Waals surface area (Å²) in [5.41, 5.74) is 0. The van der Waals surface area contributed by atoms with Gasteiger partial charge in [0.1, 0.15) is 6.10 Å². The molecule has 7 heteroatoms. The lowest BCUT2D eigenvalue weighted by Crippen LogP contribution is -2.36. The van der Waals surface area contributed by atoms with Crippen LogP contribution in [0.3, 0.4) is 0 Å². The van der Waals surface area contributed by atoms with Crippen molar-refractivity contribution in [1.82, 2.24) is 14.9 Å². The van der Waals surface area contributed by atoms with Crippen LogP contribution in [-0.2, 0) is 4.79 Å². The first-order chi connectivity index (χ1) is 9.04. The summed E-state index contributed by atoms with van der Waals surface area (Å²) in [5, 5.41) is 11.2. The Balaban J connectivity index is 2.44. The van der Waals surface area contributed by atoms with Gasteiger partial charge in [-0.2, -0.15) is 0 Å². The zero-order valence-electron chi connectivity index (χ0n) is 10.8. The van der Waals surface area contributed by atoms with E-state index in [9.17, 15) is 13.6 Å². The van der Waals surface area contributed by atoms with E-state index in [0.29, 0.717) is 0 Å². The molecule has 2 unspecified atom stereocenters. The molecule has 0 fully saturated rings. The highest BCUT2D eigenvalue weighted by Crippen LogP contribution is 2.17. The number of hydrogen-bond acceptors (Lipinski definition) is 3. The Morgan fingerprint density at radius 3 is 2.79 bits per heavy atom. The molecule has 0 saturated carbocycles. The van der Waals surface area contributed by atoms with Crippen molar-refractivity contribution >= 4 is 5.91 Å². The second kappa shape index (κ2) is 7.83. The SMILES string of the molecule is CCCC(CC(=O)NCC(O)C(F)F)n1ccnc1. The van der Waals surface area contributed by atoms with Gasteiger partial charge in [-0.25, -0.2) is 13.8 Å². The van der Waals surface area contributed by atoms with Gasteiger partial charge in [-0.05, 0) is 6.42 Å². The molecule has 1 rings (SSSR count). The third-order valence-corrected chi connectivity index (χ3v) is 2.79. The molecule has 0 aliphatic carbocycles. The van der Waals surface area contributed by atoms with Crippen molar-refractivity contribution in [2.75, 3.05) is 6.54 Å². The first kappa shape index (κ1) is 15.6. The van der Waals surface area contributed by atoms with Gasteiger partial charge in [-0.1, -0.05) is 13.3 Å². The lowest BCUT2D eigenvalue weighted by Gasteiger charge is -2.18. The number of carbonyl (C=O) groups excluding carboxylic acids is 1. The van der Waals surface area contributed by atoms with Gasteiger partial charge < -0.3 is 15.0 Å². The van der Waals surface area contributed by atoms with Gasteiger partial charge in [-0.3, -0.25) is 4.79 Å². The van der Waals surface area contributed by atoms with E-state index in [4.69, 9.17) is 5.11 Å². The molecule has 1 heterocycles. The van der Waals surface area contributed by atoms with E-state index in [1.807, 2.05) is 11.5 Å². The van der Waals surface area contributed by atoms with E-state index in [2.05, 4.69) is 10.3 Å². The third-order valence-electron chi connectivity index (χ3n) is 2.79. The van der Waals surface area contributed by atoms with Crippen LogP contribution in [0.15, 0.2) is 18.7 Å². The van der Waals surface area contributed by atoms with E-state index in [0.717, 1.165) is 12.8 Å².